The van der Waals surface area contributed by atoms with Crippen molar-refractivity contribution in [1.82, 2.24) is 19.6 Å². The van der Waals surface area contributed by atoms with E-state index >= 15 is 0 Å². The van der Waals surface area contributed by atoms with Crippen molar-refractivity contribution in [3.8, 4) is 0 Å². The van der Waals surface area contributed by atoms with Gasteiger partial charge in [0.2, 0.25) is 0 Å². The summed E-state index contributed by atoms with van der Waals surface area (Å²) in [4.78, 5) is 22.8. The van der Waals surface area contributed by atoms with Gasteiger partial charge >= 0.3 is 6.09 Å². The third kappa shape index (κ3) is 3.94. The van der Waals surface area contributed by atoms with Gasteiger partial charge < -0.3 is 4.74 Å². The number of amides is 1. The van der Waals surface area contributed by atoms with Crippen LogP contribution in [0.1, 0.15) is 31.9 Å². The first kappa shape index (κ1) is 18.1. The van der Waals surface area contributed by atoms with E-state index in [0.29, 0.717) is 11.5 Å². The molecule has 3 aromatic rings. The second-order valence-corrected chi connectivity index (χ2v) is 7.32. The maximum Gasteiger partial charge on any atom is 0.416 e. The Morgan fingerprint density at radius 3 is 2.77 bits per heavy atom. The van der Waals surface area contributed by atoms with Gasteiger partial charge in [0, 0.05) is 24.0 Å². The third-order valence-corrected chi connectivity index (χ3v) is 3.75. The molecule has 136 valence electrons. The van der Waals surface area contributed by atoms with Gasteiger partial charge in [0.05, 0.1) is 12.7 Å². The summed E-state index contributed by atoms with van der Waals surface area (Å²) < 4.78 is 7.17. The largest absolute Gasteiger partial charge is 0.443 e. The minimum absolute atomic E-state index is 0.261. The van der Waals surface area contributed by atoms with Gasteiger partial charge in [-0.2, -0.15) is 9.61 Å². The summed E-state index contributed by atoms with van der Waals surface area (Å²) in [6.45, 7) is 7.60. The molecule has 0 radical (unpaired) electrons. The molecule has 0 N–H and O–H groups in total. The van der Waals surface area contributed by atoms with E-state index in [1.54, 1.807) is 29.2 Å². The molecule has 0 saturated heterocycles. The minimum Gasteiger partial charge on any atom is -0.443 e. The highest BCUT2D eigenvalue weighted by atomic mass is 35.5. The van der Waals surface area contributed by atoms with E-state index in [2.05, 4.69) is 15.1 Å². The average Bonchev–Trinajstić information content (AvgIpc) is 2.92. The van der Waals surface area contributed by atoms with Gasteiger partial charge in [0.15, 0.2) is 5.65 Å². The van der Waals surface area contributed by atoms with E-state index in [0.717, 1.165) is 11.1 Å². The fourth-order valence-corrected chi connectivity index (χ4v) is 2.63. The van der Waals surface area contributed by atoms with E-state index in [4.69, 9.17) is 16.3 Å². The molecule has 0 saturated carbocycles. The zero-order valence-corrected chi connectivity index (χ0v) is 15.9. The SMILES string of the molecule is Cc1cnn2c(N(Cc3cccnc3)C(=O)OC(C)(C)C)cc(Cl)nc12. The smallest absolute Gasteiger partial charge is 0.416 e. The number of aryl methyl sites for hydroxylation is 1. The van der Waals surface area contributed by atoms with Crippen LogP contribution in [0, 0.1) is 6.92 Å². The predicted molar refractivity (Wildman–Crippen MR) is 99.4 cm³/mol. The summed E-state index contributed by atoms with van der Waals surface area (Å²) in [7, 11) is 0. The molecule has 7 nitrogen and oxygen atoms in total. The molecule has 0 atom stereocenters. The number of pyridine rings is 1. The van der Waals surface area contributed by atoms with Crippen molar-refractivity contribution in [3.63, 3.8) is 0 Å². The normalized spacial score (nSPS) is 11.6. The zero-order valence-electron chi connectivity index (χ0n) is 15.1. The lowest BCUT2D eigenvalue weighted by Crippen LogP contribution is -2.37. The first-order valence-corrected chi connectivity index (χ1v) is 8.53. The minimum atomic E-state index is -0.639. The van der Waals surface area contributed by atoms with Crippen LogP contribution in [0.5, 0.6) is 0 Å². The summed E-state index contributed by atoms with van der Waals surface area (Å²) in [5.74, 6) is 0.478. The van der Waals surface area contributed by atoms with E-state index < -0.39 is 11.7 Å². The Labute approximate surface area is 156 Å². The van der Waals surface area contributed by atoms with Crippen molar-refractivity contribution in [1.29, 1.82) is 0 Å². The van der Waals surface area contributed by atoms with Crippen molar-refractivity contribution in [2.24, 2.45) is 0 Å². The lowest BCUT2D eigenvalue weighted by molar-refractivity contribution is 0.0575. The van der Waals surface area contributed by atoms with E-state index in [1.165, 1.54) is 4.90 Å². The lowest BCUT2D eigenvalue weighted by Gasteiger charge is -2.27. The predicted octanol–water partition coefficient (Wildman–Crippen LogP) is 4.03. The molecule has 0 aliphatic heterocycles. The van der Waals surface area contributed by atoms with Gasteiger partial charge in [0.1, 0.15) is 16.6 Å². The van der Waals surface area contributed by atoms with Gasteiger partial charge in [-0.15, -0.1) is 0 Å². The van der Waals surface area contributed by atoms with Crippen LogP contribution < -0.4 is 4.90 Å². The monoisotopic (exact) mass is 373 g/mol. The topological polar surface area (TPSA) is 72.6 Å². The van der Waals surface area contributed by atoms with Crippen molar-refractivity contribution < 1.29 is 9.53 Å². The Hall–Kier alpha value is -2.67. The lowest BCUT2D eigenvalue weighted by atomic mass is 10.2. The van der Waals surface area contributed by atoms with Crippen LogP contribution in [0.15, 0.2) is 36.8 Å². The first-order valence-electron chi connectivity index (χ1n) is 8.15. The van der Waals surface area contributed by atoms with Gasteiger partial charge in [-0.1, -0.05) is 17.7 Å². The first-order chi connectivity index (χ1) is 12.2. The van der Waals surface area contributed by atoms with Crippen molar-refractivity contribution >= 4 is 29.2 Å². The number of halogens is 1. The number of rotatable bonds is 3. The van der Waals surface area contributed by atoms with Crippen molar-refractivity contribution in [2.75, 3.05) is 4.90 Å². The quantitative estimate of drug-likeness (QED) is 0.648. The average molecular weight is 374 g/mol. The second-order valence-electron chi connectivity index (χ2n) is 6.93. The standard InChI is InChI=1S/C18H20ClN5O2/c1-12-9-21-24-15(8-14(19)22-16(12)24)23(17(25)26-18(2,3)4)11-13-6-5-7-20-10-13/h5-10H,11H2,1-4H3. The van der Waals surface area contributed by atoms with Crippen molar-refractivity contribution in [2.45, 2.75) is 39.8 Å². The summed E-state index contributed by atoms with van der Waals surface area (Å²) in [5, 5.41) is 4.61. The summed E-state index contributed by atoms with van der Waals surface area (Å²) in [5.41, 5.74) is 1.66. The molecule has 0 aliphatic rings. The molecule has 8 heteroatoms. The van der Waals surface area contributed by atoms with Crippen molar-refractivity contribution in [3.05, 3.63) is 53.1 Å². The summed E-state index contributed by atoms with van der Waals surface area (Å²) >= 11 is 6.19. The Bertz CT molecular complexity index is 934. The molecule has 0 aromatic carbocycles. The van der Waals surface area contributed by atoms with E-state index in [-0.39, 0.29) is 11.7 Å². The molecule has 0 spiro atoms. The van der Waals surface area contributed by atoms with Crippen LogP contribution in [0.3, 0.4) is 0 Å². The number of ether oxygens (including phenoxy) is 1. The second kappa shape index (κ2) is 6.92. The number of anilines is 1. The molecule has 26 heavy (non-hydrogen) atoms. The molecule has 3 heterocycles. The number of hydrogen-bond donors (Lipinski definition) is 0. The van der Waals surface area contributed by atoms with Crippen LogP contribution in [0.2, 0.25) is 5.15 Å². The zero-order chi connectivity index (χ0) is 18.9. The molecule has 3 aromatic heterocycles. The maximum atomic E-state index is 12.9. The van der Waals surface area contributed by atoms with Gasteiger partial charge in [-0.3, -0.25) is 9.88 Å². The summed E-state index contributed by atoms with van der Waals surface area (Å²) in [6.07, 6.45) is 4.56. The highest BCUT2D eigenvalue weighted by Gasteiger charge is 2.26. The van der Waals surface area contributed by atoms with Crippen LogP contribution in [-0.2, 0) is 11.3 Å². The molecular formula is C18H20ClN5O2. The number of carbonyl (C=O) groups excluding carboxylic acids is 1. The molecular weight excluding hydrogens is 354 g/mol. The molecule has 0 fully saturated rings. The molecule has 3 rings (SSSR count). The number of carbonyl (C=O) groups is 1. The fraction of sp³-hybridized carbons (Fsp3) is 0.333. The molecule has 0 aliphatic carbocycles. The van der Waals surface area contributed by atoms with Crippen LogP contribution in [0.4, 0.5) is 10.6 Å². The third-order valence-electron chi connectivity index (χ3n) is 3.55. The molecule has 0 bridgehead atoms. The maximum absolute atomic E-state index is 12.9. The Balaban J connectivity index is 2.10. The summed E-state index contributed by atoms with van der Waals surface area (Å²) in [6, 6.07) is 5.30. The number of hydrogen-bond acceptors (Lipinski definition) is 5. The highest BCUT2D eigenvalue weighted by Crippen LogP contribution is 2.25. The number of aromatic nitrogens is 4. The fourth-order valence-electron chi connectivity index (χ4n) is 2.45. The van der Waals surface area contributed by atoms with Crippen LogP contribution in [0.25, 0.3) is 5.65 Å². The van der Waals surface area contributed by atoms with Crippen LogP contribution >= 0.6 is 11.6 Å². The number of fused-ring (bicyclic) bond motifs is 1. The van der Waals surface area contributed by atoms with Crippen LogP contribution in [-0.4, -0.2) is 31.3 Å². The molecule has 0 unspecified atom stereocenters. The van der Waals surface area contributed by atoms with E-state index in [1.807, 2.05) is 39.8 Å². The van der Waals surface area contributed by atoms with Gasteiger partial charge in [0.25, 0.3) is 0 Å². The van der Waals surface area contributed by atoms with Gasteiger partial charge in [-0.25, -0.2) is 9.78 Å². The highest BCUT2D eigenvalue weighted by molar-refractivity contribution is 6.29. The Morgan fingerprint density at radius 1 is 1.35 bits per heavy atom. The Morgan fingerprint density at radius 2 is 2.12 bits per heavy atom. The Kier molecular flexibility index (Phi) is 4.82. The van der Waals surface area contributed by atoms with Gasteiger partial charge in [-0.05, 0) is 39.3 Å². The van der Waals surface area contributed by atoms with E-state index in [9.17, 15) is 4.79 Å². The number of nitrogens with zero attached hydrogens (tertiary/aromatic N) is 5. The molecule has 1 amide bonds.